The fourth-order valence-electron chi connectivity index (χ4n) is 0.647. The highest BCUT2D eigenvalue weighted by molar-refractivity contribution is 4.91. The second-order valence-electron chi connectivity index (χ2n) is 1.94. The zero-order chi connectivity index (χ0) is 7.23. The molecule has 0 radical (unpaired) electrons. The second-order valence-corrected chi connectivity index (χ2v) is 1.94. The van der Waals surface area contributed by atoms with Crippen molar-refractivity contribution in [2.24, 2.45) is 5.73 Å². The van der Waals surface area contributed by atoms with E-state index in [9.17, 15) is 0 Å². The minimum absolute atomic E-state index is 0.647. The smallest absolute Gasteiger partial charge is 0.150 e. The van der Waals surface area contributed by atoms with Gasteiger partial charge in [0.15, 0.2) is 0 Å². The number of nitrogens with two attached hydrogens (primary N) is 1. The summed E-state index contributed by atoms with van der Waals surface area (Å²) in [6, 6.07) is 1.82. The molecule has 0 bridgehead atoms. The second kappa shape index (κ2) is 4.03. The van der Waals surface area contributed by atoms with Crippen molar-refractivity contribution in [3.05, 3.63) is 18.0 Å². The molecule has 0 spiro atoms. The minimum atomic E-state index is 0.647. The largest absolute Gasteiger partial charge is 0.360 e. The van der Waals surface area contributed by atoms with E-state index < -0.39 is 0 Å². The van der Waals surface area contributed by atoms with E-state index in [-0.39, 0.29) is 0 Å². The summed E-state index contributed by atoms with van der Waals surface area (Å²) in [5, 5.41) is 6.63. The van der Waals surface area contributed by atoms with Crippen LogP contribution in [0.3, 0.4) is 0 Å². The normalized spacial score (nSPS) is 10.1. The van der Waals surface area contributed by atoms with Crippen LogP contribution in [0.25, 0.3) is 0 Å². The Morgan fingerprint density at radius 2 is 2.60 bits per heavy atom. The van der Waals surface area contributed by atoms with E-state index in [1.165, 1.54) is 0 Å². The predicted octanol–water partition coefficient (Wildman–Crippen LogP) is -0.277. The van der Waals surface area contributed by atoms with Crippen LogP contribution in [-0.2, 0) is 6.54 Å². The van der Waals surface area contributed by atoms with Crippen LogP contribution in [0, 0.1) is 0 Å². The van der Waals surface area contributed by atoms with E-state index >= 15 is 0 Å². The summed E-state index contributed by atoms with van der Waals surface area (Å²) in [5.41, 5.74) is 5.26. The molecule has 0 aliphatic carbocycles. The Bertz CT molecular complexity index is 162. The molecule has 0 fully saturated rings. The Balaban J connectivity index is 2.15. The Kier molecular flexibility index (Phi) is 2.92. The van der Waals surface area contributed by atoms with Crippen LogP contribution in [-0.4, -0.2) is 18.2 Å². The van der Waals surface area contributed by atoms with E-state index in [1.54, 1.807) is 6.20 Å². The Hall–Kier alpha value is -0.870. The van der Waals surface area contributed by atoms with Crippen LogP contribution >= 0.6 is 0 Å². The average Bonchev–Trinajstić information content (AvgIpc) is 2.41. The van der Waals surface area contributed by atoms with E-state index in [2.05, 4.69) is 10.5 Å². The third-order valence-corrected chi connectivity index (χ3v) is 1.11. The number of aromatic nitrogens is 1. The Morgan fingerprint density at radius 3 is 3.20 bits per heavy atom. The highest BCUT2D eigenvalue weighted by Gasteiger charge is 1.92. The number of nitrogens with one attached hydrogen (secondary N) is 1. The van der Waals surface area contributed by atoms with Gasteiger partial charge in [-0.3, -0.25) is 0 Å². The summed E-state index contributed by atoms with van der Waals surface area (Å²) in [6.45, 7) is 2.16. The number of rotatable bonds is 4. The Morgan fingerprint density at radius 1 is 1.70 bits per heavy atom. The molecule has 1 rings (SSSR count). The van der Waals surface area contributed by atoms with Gasteiger partial charge < -0.3 is 15.6 Å². The first-order chi connectivity index (χ1) is 4.93. The molecule has 0 saturated carbocycles. The van der Waals surface area contributed by atoms with Crippen LogP contribution in [0.5, 0.6) is 0 Å². The van der Waals surface area contributed by atoms with Gasteiger partial charge in [0.2, 0.25) is 0 Å². The van der Waals surface area contributed by atoms with Gasteiger partial charge >= 0.3 is 0 Å². The average molecular weight is 141 g/mol. The number of hydrogen-bond donors (Lipinski definition) is 2. The van der Waals surface area contributed by atoms with Gasteiger partial charge in [-0.1, -0.05) is 5.16 Å². The minimum Gasteiger partial charge on any atom is -0.360 e. The van der Waals surface area contributed by atoms with Crippen molar-refractivity contribution in [1.82, 2.24) is 10.5 Å². The summed E-state index contributed by atoms with van der Waals surface area (Å²) >= 11 is 0. The van der Waals surface area contributed by atoms with Gasteiger partial charge in [0.1, 0.15) is 5.76 Å². The number of hydrogen-bond acceptors (Lipinski definition) is 4. The molecule has 1 aromatic rings. The van der Waals surface area contributed by atoms with Crippen molar-refractivity contribution in [2.45, 2.75) is 6.54 Å². The van der Waals surface area contributed by atoms with Crippen LogP contribution in [0.2, 0.25) is 0 Å². The molecule has 56 valence electrons. The van der Waals surface area contributed by atoms with E-state index in [0.29, 0.717) is 13.1 Å². The summed E-state index contributed by atoms with van der Waals surface area (Å²) in [4.78, 5) is 0. The van der Waals surface area contributed by atoms with Crippen LogP contribution in [0.15, 0.2) is 16.8 Å². The van der Waals surface area contributed by atoms with Gasteiger partial charge in [-0.2, -0.15) is 0 Å². The van der Waals surface area contributed by atoms with Gasteiger partial charge in [0.25, 0.3) is 0 Å². The third-order valence-electron chi connectivity index (χ3n) is 1.11. The molecule has 0 aliphatic heterocycles. The zero-order valence-electron chi connectivity index (χ0n) is 5.71. The maximum Gasteiger partial charge on any atom is 0.150 e. The monoisotopic (exact) mass is 141 g/mol. The summed E-state index contributed by atoms with van der Waals surface area (Å²) in [7, 11) is 0. The van der Waals surface area contributed by atoms with Crippen molar-refractivity contribution in [3.63, 3.8) is 0 Å². The van der Waals surface area contributed by atoms with Crippen molar-refractivity contribution in [1.29, 1.82) is 0 Å². The summed E-state index contributed by atoms with van der Waals surface area (Å²) in [6.07, 6.45) is 1.62. The molecular formula is C6H11N3O. The lowest BCUT2D eigenvalue weighted by atomic mass is 10.4. The molecule has 1 aromatic heterocycles. The number of nitrogens with zero attached hydrogens (tertiary/aromatic N) is 1. The molecule has 0 atom stereocenters. The van der Waals surface area contributed by atoms with Crippen LogP contribution < -0.4 is 11.1 Å². The van der Waals surface area contributed by atoms with Crippen molar-refractivity contribution in [3.8, 4) is 0 Å². The maximum absolute atomic E-state index is 5.26. The first-order valence-corrected chi connectivity index (χ1v) is 3.24. The predicted molar refractivity (Wildman–Crippen MR) is 37.3 cm³/mol. The van der Waals surface area contributed by atoms with Gasteiger partial charge in [0.05, 0.1) is 12.7 Å². The van der Waals surface area contributed by atoms with Gasteiger partial charge in [0, 0.05) is 19.2 Å². The highest BCUT2D eigenvalue weighted by Crippen LogP contribution is 1.93. The molecule has 0 amide bonds. The molecule has 0 aromatic carbocycles. The quantitative estimate of drug-likeness (QED) is 0.566. The van der Waals surface area contributed by atoms with Crippen molar-refractivity contribution < 1.29 is 4.52 Å². The molecule has 3 N–H and O–H groups in total. The maximum atomic E-state index is 5.26. The Labute approximate surface area is 59.4 Å². The molecular weight excluding hydrogens is 130 g/mol. The van der Waals surface area contributed by atoms with Gasteiger partial charge in [-0.05, 0) is 0 Å². The van der Waals surface area contributed by atoms with Crippen LogP contribution in [0.4, 0.5) is 0 Å². The fourth-order valence-corrected chi connectivity index (χ4v) is 0.647. The van der Waals surface area contributed by atoms with Crippen LogP contribution in [0.1, 0.15) is 5.76 Å². The molecule has 0 saturated heterocycles. The standard InChI is InChI=1S/C6H11N3O/c7-2-4-8-5-6-1-3-9-10-6/h1,3,8H,2,4-5,7H2. The molecule has 4 nitrogen and oxygen atoms in total. The lowest BCUT2D eigenvalue weighted by molar-refractivity contribution is 0.374. The van der Waals surface area contributed by atoms with E-state index in [0.717, 1.165) is 12.3 Å². The molecule has 10 heavy (non-hydrogen) atoms. The lowest BCUT2D eigenvalue weighted by Crippen LogP contribution is -2.21. The SMILES string of the molecule is NCCNCc1ccno1. The summed E-state index contributed by atoms with van der Waals surface area (Å²) < 4.78 is 4.83. The molecule has 0 unspecified atom stereocenters. The van der Waals surface area contributed by atoms with Crippen molar-refractivity contribution >= 4 is 0 Å². The molecule has 4 heteroatoms. The first kappa shape index (κ1) is 7.24. The topological polar surface area (TPSA) is 64.1 Å². The van der Waals surface area contributed by atoms with E-state index in [4.69, 9.17) is 10.3 Å². The lowest BCUT2D eigenvalue weighted by Gasteiger charge is -1.96. The molecule has 1 heterocycles. The van der Waals surface area contributed by atoms with Crippen molar-refractivity contribution in [2.75, 3.05) is 13.1 Å². The summed E-state index contributed by atoms with van der Waals surface area (Å²) in [5.74, 6) is 0.841. The highest BCUT2D eigenvalue weighted by atomic mass is 16.5. The van der Waals surface area contributed by atoms with E-state index in [1.807, 2.05) is 6.07 Å². The third kappa shape index (κ3) is 2.16. The molecule has 0 aliphatic rings. The zero-order valence-corrected chi connectivity index (χ0v) is 5.71. The first-order valence-electron chi connectivity index (χ1n) is 3.24. The van der Waals surface area contributed by atoms with Gasteiger partial charge in [-0.25, -0.2) is 0 Å². The fraction of sp³-hybridized carbons (Fsp3) is 0.500. The van der Waals surface area contributed by atoms with Gasteiger partial charge in [-0.15, -0.1) is 0 Å².